The molecule has 58 heavy (non-hydrogen) atoms. The van der Waals surface area contributed by atoms with Gasteiger partial charge in [0.2, 0.25) is 0 Å². The van der Waals surface area contributed by atoms with Crippen molar-refractivity contribution >= 4 is 17.9 Å². The first kappa shape index (κ1) is 54.5. The Labute approximate surface area is 354 Å². The van der Waals surface area contributed by atoms with Crippen LogP contribution in [-0.2, 0) is 28.6 Å². The molecular weight excluding hydrogens is 727 g/mol. The van der Waals surface area contributed by atoms with Gasteiger partial charge < -0.3 is 23.8 Å². The number of aliphatic carboxylic acids is 1. The van der Waals surface area contributed by atoms with Gasteiger partial charge in [-0.2, -0.15) is 0 Å². The first-order valence-electron chi connectivity index (χ1n) is 22.7. The Morgan fingerprint density at radius 2 is 0.966 bits per heavy atom. The summed E-state index contributed by atoms with van der Waals surface area (Å²) in [5, 5.41) is 9.62. The number of likely N-dealkylation sites (N-methyl/N-ethyl adjacent to an activating group) is 1. The molecule has 0 bridgehead atoms. The van der Waals surface area contributed by atoms with Crippen LogP contribution in [0.4, 0.5) is 0 Å². The average Bonchev–Trinajstić information content (AvgIpc) is 3.18. The molecule has 8 heteroatoms. The van der Waals surface area contributed by atoms with Gasteiger partial charge in [-0.25, -0.2) is 4.79 Å². The number of ether oxygens (including phenoxy) is 3. The maximum Gasteiger partial charge on any atom is 0.362 e. The number of carbonyl (C=O) groups excluding carboxylic acids is 2. The van der Waals surface area contributed by atoms with Crippen molar-refractivity contribution in [2.45, 2.75) is 174 Å². The fourth-order valence-corrected chi connectivity index (χ4v) is 6.25. The normalized spacial score (nSPS) is 13.7. The second-order valence-electron chi connectivity index (χ2n) is 16.1. The maximum atomic E-state index is 12.7. The highest BCUT2D eigenvalue weighted by molar-refractivity contribution is 5.72. The van der Waals surface area contributed by atoms with Gasteiger partial charge in [-0.15, -0.1) is 0 Å². The van der Waals surface area contributed by atoms with Crippen molar-refractivity contribution in [2.75, 3.05) is 41.0 Å². The molecule has 0 saturated heterocycles. The van der Waals surface area contributed by atoms with E-state index in [9.17, 15) is 19.5 Å². The number of hydrogen-bond acceptors (Lipinski definition) is 6. The SMILES string of the molecule is CC/C=C/C=C/C=C/C=C/C=C/C=C/C=C/CCCCCC(=O)OC(COCCC(C(=O)O)[N+](C)(C)C)COC(=O)CCCCCCCCCCCCCCCCC. The van der Waals surface area contributed by atoms with E-state index in [1.54, 1.807) is 0 Å². The third-order valence-electron chi connectivity index (χ3n) is 9.75. The van der Waals surface area contributed by atoms with Crippen molar-refractivity contribution in [1.29, 1.82) is 0 Å². The lowest BCUT2D eigenvalue weighted by molar-refractivity contribution is -0.887. The van der Waals surface area contributed by atoms with Crippen LogP contribution in [-0.4, -0.2) is 80.6 Å². The molecule has 0 radical (unpaired) electrons. The van der Waals surface area contributed by atoms with Crippen molar-refractivity contribution < 1.29 is 38.2 Å². The Morgan fingerprint density at radius 3 is 1.43 bits per heavy atom. The van der Waals surface area contributed by atoms with Crippen LogP contribution in [0.25, 0.3) is 0 Å². The summed E-state index contributed by atoms with van der Waals surface area (Å²) in [6.45, 7) is 4.53. The van der Waals surface area contributed by atoms with Crippen LogP contribution < -0.4 is 0 Å². The zero-order valence-electron chi connectivity index (χ0n) is 37.5. The Hall–Kier alpha value is -3.49. The molecule has 0 aliphatic heterocycles. The van der Waals surface area contributed by atoms with Gasteiger partial charge in [0.15, 0.2) is 12.1 Å². The number of allylic oxidation sites excluding steroid dienone is 14. The van der Waals surface area contributed by atoms with Crippen LogP contribution in [0.3, 0.4) is 0 Å². The number of hydrogen-bond donors (Lipinski definition) is 1. The van der Waals surface area contributed by atoms with Crippen LogP contribution >= 0.6 is 0 Å². The van der Waals surface area contributed by atoms with E-state index < -0.39 is 18.1 Å². The highest BCUT2D eigenvalue weighted by Crippen LogP contribution is 2.15. The van der Waals surface area contributed by atoms with Gasteiger partial charge >= 0.3 is 17.9 Å². The lowest BCUT2D eigenvalue weighted by Gasteiger charge is -2.31. The van der Waals surface area contributed by atoms with Crippen LogP contribution in [0, 0.1) is 0 Å². The summed E-state index contributed by atoms with van der Waals surface area (Å²) in [7, 11) is 5.50. The highest BCUT2D eigenvalue weighted by atomic mass is 16.6. The van der Waals surface area contributed by atoms with E-state index in [1.807, 2.05) is 94.1 Å². The molecule has 2 unspecified atom stereocenters. The van der Waals surface area contributed by atoms with Gasteiger partial charge in [-0.1, -0.05) is 195 Å². The van der Waals surface area contributed by atoms with E-state index in [2.05, 4.69) is 26.0 Å². The number of carbonyl (C=O) groups is 3. The summed E-state index contributed by atoms with van der Waals surface area (Å²) in [6.07, 6.45) is 51.9. The molecule has 0 aromatic rings. The van der Waals surface area contributed by atoms with E-state index in [0.717, 1.165) is 44.9 Å². The number of nitrogens with zero attached hydrogens (tertiary/aromatic N) is 1. The minimum atomic E-state index is -0.886. The van der Waals surface area contributed by atoms with E-state index >= 15 is 0 Å². The van der Waals surface area contributed by atoms with Crippen LogP contribution in [0.15, 0.2) is 85.1 Å². The molecule has 0 aromatic carbocycles. The zero-order valence-corrected chi connectivity index (χ0v) is 37.5. The minimum Gasteiger partial charge on any atom is -0.477 e. The summed E-state index contributed by atoms with van der Waals surface area (Å²) in [5.41, 5.74) is 0. The first-order valence-corrected chi connectivity index (χ1v) is 22.7. The molecule has 0 fully saturated rings. The summed E-state index contributed by atoms with van der Waals surface area (Å²) >= 11 is 0. The molecule has 2 atom stereocenters. The molecule has 8 nitrogen and oxygen atoms in total. The molecule has 0 aromatic heterocycles. The van der Waals surface area contributed by atoms with Crippen LogP contribution in [0.5, 0.6) is 0 Å². The predicted octanol–water partition coefficient (Wildman–Crippen LogP) is 12.5. The zero-order chi connectivity index (χ0) is 42.8. The molecule has 0 spiro atoms. The minimum absolute atomic E-state index is 0.0388. The molecular formula is C50H84NO7+. The largest absolute Gasteiger partial charge is 0.477 e. The Bertz CT molecular complexity index is 1220. The Morgan fingerprint density at radius 1 is 0.534 bits per heavy atom. The van der Waals surface area contributed by atoms with Crippen molar-refractivity contribution in [3.63, 3.8) is 0 Å². The van der Waals surface area contributed by atoms with Gasteiger partial charge in [-0.05, 0) is 32.1 Å². The van der Waals surface area contributed by atoms with Crippen LogP contribution in [0.1, 0.15) is 162 Å². The van der Waals surface area contributed by atoms with Gasteiger partial charge in [0, 0.05) is 19.3 Å². The predicted molar refractivity (Wildman–Crippen MR) is 243 cm³/mol. The smallest absolute Gasteiger partial charge is 0.362 e. The third kappa shape index (κ3) is 38.1. The lowest BCUT2D eigenvalue weighted by Crippen LogP contribution is -2.50. The summed E-state index contributed by atoms with van der Waals surface area (Å²) in [6, 6.07) is -0.627. The number of rotatable bonds is 39. The number of unbranched alkanes of at least 4 members (excludes halogenated alkanes) is 17. The number of esters is 2. The molecule has 0 aliphatic carbocycles. The molecule has 0 aliphatic rings. The van der Waals surface area contributed by atoms with Crippen molar-refractivity contribution in [3.05, 3.63) is 85.1 Å². The van der Waals surface area contributed by atoms with Gasteiger partial charge in [-0.3, -0.25) is 9.59 Å². The first-order chi connectivity index (χ1) is 28.1. The standard InChI is InChI=1S/C50H83NO7/c1-6-8-10-12-14-16-18-20-22-23-24-25-27-29-31-33-35-37-39-41-49(53)58-46(44-56-43-42-47(50(54)55)51(3,4)5)45-57-48(52)40-38-36-34-32-30-28-26-21-19-17-15-13-11-9-7-2/h8,10,12,14,16,18,20,22-25,27,29,31,46-47H,6-7,9,11,13,15,17,19,21,26,28,30,32-45H2,1-5H3/p+1/b10-8+,14-12+,18-16+,22-20+,24-23+,27-25+,31-29+. The molecule has 0 amide bonds. The Balaban J connectivity index is 4.46. The van der Waals surface area contributed by atoms with Gasteiger partial charge in [0.25, 0.3) is 0 Å². The quantitative estimate of drug-likeness (QED) is 0.0286. The molecule has 0 rings (SSSR count). The molecule has 0 heterocycles. The van der Waals surface area contributed by atoms with E-state index in [-0.39, 0.29) is 42.7 Å². The van der Waals surface area contributed by atoms with Crippen molar-refractivity contribution in [3.8, 4) is 0 Å². The fourth-order valence-electron chi connectivity index (χ4n) is 6.25. The number of quaternary nitrogens is 1. The average molecular weight is 811 g/mol. The highest BCUT2D eigenvalue weighted by Gasteiger charge is 2.31. The number of carboxylic acids is 1. The summed E-state index contributed by atoms with van der Waals surface area (Å²) in [4.78, 5) is 37.0. The second-order valence-corrected chi connectivity index (χ2v) is 16.1. The van der Waals surface area contributed by atoms with Gasteiger partial charge in [0.05, 0.1) is 34.4 Å². The summed E-state index contributed by atoms with van der Waals surface area (Å²) < 4.78 is 17.2. The summed E-state index contributed by atoms with van der Waals surface area (Å²) in [5.74, 6) is -1.53. The number of carboxylic acid groups (broad SMARTS) is 1. The maximum absolute atomic E-state index is 12.7. The Kier molecular flexibility index (Phi) is 37.9. The fraction of sp³-hybridized carbons (Fsp3) is 0.660. The van der Waals surface area contributed by atoms with Crippen molar-refractivity contribution in [1.82, 2.24) is 0 Å². The van der Waals surface area contributed by atoms with Crippen molar-refractivity contribution in [2.24, 2.45) is 0 Å². The molecule has 1 N–H and O–H groups in total. The van der Waals surface area contributed by atoms with Crippen LogP contribution in [0.2, 0.25) is 0 Å². The monoisotopic (exact) mass is 811 g/mol. The van der Waals surface area contributed by atoms with E-state index in [4.69, 9.17) is 14.2 Å². The molecule has 330 valence electrons. The lowest BCUT2D eigenvalue weighted by atomic mass is 10.0. The second kappa shape index (κ2) is 40.3. The third-order valence-corrected chi connectivity index (χ3v) is 9.75. The van der Waals surface area contributed by atoms with E-state index in [0.29, 0.717) is 19.3 Å². The topological polar surface area (TPSA) is 99.1 Å². The van der Waals surface area contributed by atoms with E-state index in [1.165, 1.54) is 77.0 Å². The molecule has 0 saturated carbocycles. The van der Waals surface area contributed by atoms with Gasteiger partial charge in [0.1, 0.15) is 6.61 Å².